The standard InChI is InChI=1S/C15H25N5O3S/c1-6-24(22,23)20-8-7-11(10-20)13-12(14(21)18(2)3)9-16-15(17-13)19(4)5/h9,11H,6-8,10H2,1-5H3. The molecule has 24 heavy (non-hydrogen) atoms. The molecule has 1 saturated heterocycles. The fourth-order valence-electron chi connectivity index (χ4n) is 2.70. The van der Waals surface area contributed by atoms with Crippen LogP contribution in [0.25, 0.3) is 0 Å². The molecular weight excluding hydrogens is 330 g/mol. The summed E-state index contributed by atoms with van der Waals surface area (Å²) in [5, 5.41) is 0. The molecule has 134 valence electrons. The molecule has 0 spiro atoms. The van der Waals surface area contributed by atoms with Gasteiger partial charge in [0.1, 0.15) is 0 Å². The van der Waals surface area contributed by atoms with Gasteiger partial charge in [-0.2, -0.15) is 0 Å². The molecule has 8 nitrogen and oxygen atoms in total. The molecule has 1 unspecified atom stereocenters. The lowest BCUT2D eigenvalue weighted by Gasteiger charge is -2.20. The maximum absolute atomic E-state index is 12.4. The second kappa shape index (κ2) is 7.02. The van der Waals surface area contributed by atoms with Crippen molar-refractivity contribution >= 4 is 21.9 Å². The molecule has 1 atom stereocenters. The molecule has 2 heterocycles. The Balaban J connectivity index is 2.41. The Morgan fingerprint density at radius 1 is 1.33 bits per heavy atom. The Bertz CT molecular complexity index is 718. The van der Waals surface area contributed by atoms with Gasteiger partial charge >= 0.3 is 0 Å². The fraction of sp³-hybridized carbons (Fsp3) is 0.667. The van der Waals surface area contributed by atoms with Gasteiger partial charge < -0.3 is 9.80 Å². The van der Waals surface area contributed by atoms with Crippen molar-refractivity contribution in [1.29, 1.82) is 0 Å². The average Bonchev–Trinajstić information content (AvgIpc) is 3.04. The first-order chi connectivity index (χ1) is 11.2. The summed E-state index contributed by atoms with van der Waals surface area (Å²) in [5.74, 6) is 0.312. The molecule has 2 rings (SSSR count). The summed E-state index contributed by atoms with van der Waals surface area (Å²) < 4.78 is 25.7. The van der Waals surface area contributed by atoms with Crippen LogP contribution in [0.2, 0.25) is 0 Å². The molecule has 1 aliphatic heterocycles. The van der Waals surface area contributed by atoms with Crippen molar-refractivity contribution in [3.05, 3.63) is 17.5 Å². The highest BCUT2D eigenvalue weighted by molar-refractivity contribution is 7.89. The number of carbonyl (C=O) groups excluding carboxylic acids is 1. The number of sulfonamides is 1. The summed E-state index contributed by atoms with van der Waals surface area (Å²) in [6.45, 7) is 2.45. The number of anilines is 1. The molecule has 1 amide bonds. The zero-order valence-corrected chi connectivity index (χ0v) is 15.7. The molecule has 0 aromatic carbocycles. The molecule has 0 bridgehead atoms. The minimum Gasteiger partial charge on any atom is -0.347 e. The molecule has 1 aromatic heterocycles. The maximum atomic E-state index is 12.4. The SMILES string of the molecule is CCS(=O)(=O)N1CCC(c2nc(N(C)C)ncc2C(=O)N(C)C)C1. The van der Waals surface area contributed by atoms with Gasteiger partial charge in [-0.15, -0.1) is 0 Å². The third-order valence-electron chi connectivity index (χ3n) is 4.14. The number of rotatable bonds is 5. The van der Waals surface area contributed by atoms with E-state index in [0.717, 1.165) is 0 Å². The van der Waals surface area contributed by atoms with Crippen LogP contribution < -0.4 is 4.90 Å². The van der Waals surface area contributed by atoms with E-state index in [1.54, 1.807) is 25.9 Å². The van der Waals surface area contributed by atoms with E-state index in [1.165, 1.54) is 15.4 Å². The number of nitrogens with zero attached hydrogens (tertiary/aromatic N) is 5. The van der Waals surface area contributed by atoms with Crippen molar-refractivity contribution in [1.82, 2.24) is 19.2 Å². The van der Waals surface area contributed by atoms with Gasteiger partial charge in [0.25, 0.3) is 5.91 Å². The van der Waals surface area contributed by atoms with Crippen LogP contribution in [0.4, 0.5) is 5.95 Å². The van der Waals surface area contributed by atoms with E-state index >= 15 is 0 Å². The highest BCUT2D eigenvalue weighted by Crippen LogP contribution is 2.31. The topological polar surface area (TPSA) is 86.7 Å². The fourth-order valence-corrected chi connectivity index (χ4v) is 3.86. The predicted octanol–water partition coefficient (Wildman–Crippen LogP) is 0.383. The molecule has 0 aliphatic carbocycles. The van der Waals surface area contributed by atoms with Crippen LogP contribution >= 0.6 is 0 Å². The lowest BCUT2D eigenvalue weighted by atomic mass is 9.99. The summed E-state index contributed by atoms with van der Waals surface area (Å²) >= 11 is 0. The van der Waals surface area contributed by atoms with Gasteiger partial charge in [-0.25, -0.2) is 22.7 Å². The second-order valence-electron chi connectivity index (χ2n) is 6.31. The summed E-state index contributed by atoms with van der Waals surface area (Å²) in [6, 6.07) is 0. The van der Waals surface area contributed by atoms with Crippen LogP contribution in [-0.4, -0.2) is 80.5 Å². The minimum absolute atomic E-state index is 0.0793. The molecule has 1 aromatic rings. The van der Waals surface area contributed by atoms with Crippen LogP contribution in [0, 0.1) is 0 Å². The number of hydrogen-bond donors (Lipinski definition) is 0. The molecule has 0 saturated carbocycles. The Kier molecular flexibility index (Phi) is 5.44. The predicted molar refractivity (Wildman–Crippen MR) is 92.8 cm³/mol. The molecule has 1 fully saturated rings. The Labute approximate surface area is 143 Å². The van der Waals surface area contributed by atoms with E-state index in [0.29, 0.717) is 36.7 Å². The minimum atomic E-state index is -3.23. The van der Waals surface area contributed by atoms with Gasteiger partial charge in [0.05, 0.1) is 17.0 Å². The quantitative estimate of drug-likeness (QED) is 0.759. The number of amides is 1. The average molecular weight is 355 g/mol. The molecule has 0 radical (unpaired) electrons. The van der Waals surface area contributed by atoms with Gasteiger partial charge in [0.2, 0.25) is 16.0 Å². The summed E-state index contributed by atoms with van der Waals surface area (Å²) in [5.41, 5.74) is 1.06. The molecular formula is C15H25N5O3S. The van der Waals surface area contributed by atoms with E-state index in [2.05, 4.69) is 9.97 Å². The van der Waals surface area contributed by atoms with E-state index in [9.17, 15) is 13.2 Å². The lowest BCUT2D eigenvalue weighted by Crippen LogP contribution is -2.30. The first-order valence-electron chi connectivity index (χ1n) is 7.91. The van der Waals surface area contributed by atoms with Crippen molar-refractivity contribution < 1.29 is 13.2 Å². The third kappa shape index (κ3) is 3.67. The third-order valence-corrected chi connectivity index (χ3v) is 5.99. The van der Waals surface area contributed by atoms with Crippen LogP contribution in [0.3, 0.4) is 0 Å². The van der Waals surface area contributed by atoms with E-state index in [4.69, 9.17) is 0 Å². The van der Waals surface area contributed by atoms with Crippen LogP contribution in [0.1, 0.15) is 35.3 Å². The zero-order chi connectivity index (χ0) is 18.1. The molecule has 1 aliphatic rings. The largest absolute Gasteiger partial charge is 0.347 e. The van der Waals surface area contributed by atoms with Crippen molar-refractivity contribution in [3.63, 3.8) is 0 Å². The number of hydrogen-bond acceptors (Lipinski definition) is 6. The van der Waals surface area contributed by atoms with Crippen molar-refractivity contribution in [2.24, 2.45) is 0 Å². The highest BCUT2D eigenvalue weighted by Gasteiger charge is 2.34. The smallest absolute Gasteiger partial charge is 0.256 e. The normalized spacial score (nSPS) is 18.6. The maximum Gasteiger partial charge on any atom is 0.256 e. The van der Waals surface area contributed by atoms with Crippen molar-refractivity contribution in [2.75, 3.05) is 51.9 Å². The first-order valence-corrected chi connectivity index (χ1v) is 9.52. The Morgan fingerprint density at radius 2 is 2.00 bits per heavy atom. The number of aromatic nitrogens is 2. The summed E-state index contributed by atoms with van der Waals surface area (Å²) in [4.78, 5) is 24.5. The van der Waals surface area contributed by atoms with Gasteiger partial charge in [0.15, 0.2) is 0 Å². The van der Waals surface area contributed by atoms with Gasteiger partial charge in [0, 0.05) is 53.4 Å². The van der Waals surface area contributed by atoms with Gasteiger partial charge in [-0.3, -0.25) is 4.79 Å². The number of carbonyl (C=O) groups is 1. The van der Waals surface area contributed by atoms with Crippen LogP contribution in [-0.2, 0) is 10.0 Å². The van der Waals surface area contributed by atoms with Crippen LogP contribution in [0.15, 0.2) is 6.20 Å². The van der Waals surface area contributed by atoms with Crippen molar-refractivity contribution in [2.45, 2.75) is 19.3 Å². The Hall–Kier alpha value is -1.74. The lowest BCUT2D eigenvalue weighted by molar-refractivity contribution is 0.0825. The van der Waals surface area contributed by atoms with E-state index in [1.807, 2.05) is 14.1 Å². The monoisotopic (exact) mass is 355 g/mol. The highest BCUT2D eigenvalue weighted by atomic mass is 32.2. The van der Waals surface area contributed by atoms with Crippen LogP contribution in [0.5, 0.6) is 0 Å². The van der Waals surface area contributed by atoms with Gasteiger partial charge in [-0.05, 0) is 13.3 Å². The summed E-state index contributed by atoms with van der Waals surface area (Å²) in [7, 11) is 3.78. The summed E-state index contributed by atoms with van der Waals surface area (Å²) in [6.07, 6.45) is 2.19. The second-order valence-corrected chi connectivity index (χ2v) is 8.56. The zero-order valence-electron chi connectivity index (χ0n) is 14.9. The van der Waals surface area contributed by atoms with Crippen molar-refractivity contribution in [3.8, 4) is 0 Å². The molecule has 9 heteroatoms. The van der Waals surface area contributed by atoms with E-state index in [-0.39, 0.29) is 17.6 Å². The Morgan fingerprint density at radius 3 is 2.54 bits per heavy atom. The van der Waals surface area contributed by atoms with Gasteiger partial charge in [-0.1, -0.05) is 0 Å². The first kappa shape index (κ1) is 18.6. The molecule has 0 N–H and O–H groups in total. The van der Waals surface area contributed by atoms with E-state index < -0.39 is 10.0 Å².